The van der Waals surface area contributed by atoms with Gasteiger partial charge in [-0.2, -0.15) is 5.26 Å². The maximum atomic E-state index is 14.0. The Labute approximate surface area is 149 Å². The highest BCUT2D eigenvalue weighted by Crippen LogP contribution is 2.33. The maximum absolute atomic E-state index is 14.0. The first kappa shape index (κ1) is 15.8. The lowest BCUT2D eigenvalue weighted by molar-refractivity contribution is 0.628. The van der Waals surface area contributed by atoms with Crippen LogP contribution in [0.3, 0.4) is 0 Å². The van der Waals surface area contributed by atoms with Crippen LogP contribution in [0.1, 0.15) is 11.1 Å². The molecular formula is C18H16FN5S. The first-order chi connectivity index (χ1) is 12.2. The molecule has 0 N–H and O–H groups in total. The molecule has 4 rings (SSSR count). The van der Waals surface area contributed by atoms with Gasteiger partial charge < -0.3 is 9.80 Å². The van der Waals surface area contributed by atoms with E-state index in [2.05, 4.69) is 25.8 Å². The van der Waals surface area contributed by atoms with Crippen molar-refractivity contribution in [3.8, 4) is 6.07 Å². The molecule has 1 fully saturated rings. The standard InChI is InChI=1S/C18H16FN5S/c1-12-8-14(19)9-15-16(12)22-11-13(10-20)17(15)23-3-5-24(6-4-23)18-21-2-7-25-18/h2,7-9,11H,3-6H2,1H3. The average molecular weight is 353 g/mol. The molecule has 0 bridgehead atoms. The summed E-state index contributed by atoms with van der Waals surface area (Å²) in [5.74, 6) is -0.301. The van der Waals surface area contributed by atoms with E-state index in [9.17, 15) is 9.65 Å². The van der Waals surface area contributed by atoms with Crippen molar-refractivity contribution in [2.75, 3.05) is 36.0 Å². The summed E-state index contributed by atoms with van der Waals surface area (Å²) in [6, 6.07) is 5.17. The van der Waals surface area contributed by atoms with Crippen molar-refractivity contribution in [2.24, 2.45) is 0 Å². The Hall–Kier alpha value is -2.72. The highest BCUT2D eigenvalue weighted by molar-refractivity contribution is 7.13. The van der Waals surface area contributed by atoms with Crippen molar-refractivity contribution < 1.29 is 4.39 Å². The molecule has 1 aliphatic heterocycles. The van der Waals surface area contributed by atoms with Crippen molar-refractivity contribution in [2.45, 2.75) is 6.92 Å². The highest BCUT2D eigenvalue weighted by atomic mass is 32.1. The molecule has 1 saturated heterocycles. The number of fused-ring (bicyclic) bond motifs is 1. The number of nitrogens with zero attached hydrogens (tertiary/aromatic N) is 5. The Kier molecular flexibility index (Phi) is 3.98. The number of benzene rings is 1. The zero-order valence-electron chi connectivity index (χ0n) is 13.7. The van der Waals surface area contributed by atoms with E-state index >= 15 is 0 Å². The number of nitriles is 1. The Balaban J connectivity index is 1.73. The number of anilines is 2. The van der Waals surface area contributed by atoms with Crippen molar-refractivity contribution >= 4 is 33.1 Å². The predicted molar refractivity (Wildman–Crippen MR) is 97.7 cm³/mol. The Morgan fingerprint density at radius 2 is 1.92 bits per heavy atom. The summed E-state index contributed by atoms with van der Waals surface area (Å²) in [7, 11) is 0. The average Bonchev–Trinajstić information content (AvgIpc) is 3.15. The SMILES string of the molecule is Cc1cc(F)cc2c(N3CCN(c4nccs4)CC3)c(C#N)cnc12. The molecule has 0 atom stereocenters. The molecule has 5 nitrogen and oxygen atoms in total. The van der Waals surface area contributed by atoms with Crippen molar-refractivity contribution in [3.63, 3.8) is 0 Å². The van der Waals surface area contributed by atoms with Gasteiger partial charge >= 0.3 is 0 Å². The van der Waals surface area contributed by atoms with Gasteiger partial charge in [-0.3, -0.25) is 4.98 Å². The molecular weight excluding hydrogens is 337 g/mol. The van der Waals surface area contributed by atoms with Gasteiger partial charge in [-0.05, 0) is 24.6 Å². The molecule has 3 heterocycles. The van der Waals surface area contributed by atoms with Gasteiger partial charge in [-0.1, -0.05) is 0 Å². The van der Waals surface area contributed by atoms with Gasteiger partial charge in [0, 0.05) is 49.3 Å². The molecule has 126 valence electrons. The van der Waals surface area contributed by atoms with Crippen LogP contribution in [-0.2, 0) is 0 Å². The van der Waals surface area contributed by atoms with Crippen LogP contribution in [0.2, 0.25) is 0 Å². The van der Waals surface area contributed by atoms with Gasteiger partial charge in [-0.15, -0.1) is 11.3 Å². The molecule has 2 aromatic heterocycles. The fourth-order valence-corrected chi connectivity index (χ4v) is 4.04. The third-order valence-corrected chi connectivity index (χ3v) is 5.34. The third-order valence-electron chi connectivity index (χ3n) is 4.50. The first-order valence-electron chi connectivity index (χ1n) is 8.05. The minimum absolute atomic E-state index is 0.301. The van der Waals surface area contributed by atoms with E-state index in [0.717, 1.165) is 48.1 Å². The topological polar surface area (TPSA) is 56.0 Å². The molecule has 3 aromatic rings. The largest absolute Gasteiger partial charge is 0.366 e. The zero-order chi connectivity index (χ0) is 17.4. The minimum Gasteiger partial charge on any atom is -0.366 e. The van der Waals surface area contributed by atoms with E-state index < -0.39 is 0 Å². The van der Waals surface area contributed by atoms with Gasteiger partial charge in [0.1, 0.15) is 11.9 Å². The monoisotopic (exact) mass is 353 g/mol. The van der Waals surface area contributed by atoms with Crippen LogP contribution in [0.25, 0.3) is 10.9 Å². The van der Waals surface area contributed by atoms with Crippen LogP contribution in [0.4, 0.5) is 15.2 Å². The number of aryl methyl sites for hydroxylation is 1. The van der Waals surface area contributed by atoms with Crippen LogP contribution >= 0.6 is 11.3 Å². The number of hydrogen-bond donors (Lipinski definition) is 0. The Morgan fingerprint density at radius 1 is 1.16 bits per heavy atom. The molecule has 1 aliphatic rings. The lowest BCUT2D eigenvalue weighted by Crippen LogP contribution is -2.46. The number of thiazole rings is 1. The summed E-state index contributed by atoms with van der Waals surface area (Å²) in [5.41, 5.74) is 2.80. The summed E-state index contributed by atoms with van der Waals surface area (Å²) in [5, 5.41) is 13.2. The van der Waals surface area contributed by atoms with Gasteiger partial charge in [0.25, 0.3) is 0 Å². The zero-order valence-corrected chi connectivity index (χ0v) is 14.6. The second-order valence-corrected chi connectivity index (χ2v) is 6.91. The maximum Gasteiger partial charge on any atom is 0.185 e. The molecule has 0 radical (unpaired) electrons. The van der Waals surface area contributed by atoms with Gasteiger partial charge in [0.15, 0.2) is 5.13 Å². The second-order valence-electron chi connectivity index (χ2n) is 6.04. The third kappa shape index (κ3) is 2.79. The Morgan fingerprint density at radius 3 is 2.60 bits per heavy atom. The summed E-state index contributed by atoms with van der Waals surface area (Å²) in [6.45, 7) is 4.98. The number of aromatic nitrogens is 2. The van der Waals surface area contributed by atoms with Crippen LogP contribution in [0, 0.1) is 24.1 Å². The van der Waals surface area contributed by atoms with E-state index in [1.165, 1.54) is 12.1 Å². The molecule has 0 amide bonds. The van der Waals surface area contributed by atoms with Gasteiger partial charge in [-0.25, -0.2) is 9.37 Å². The number of piperazine rings is 1. The Bertz CT molecular complexity index is 956. The lowest BCUT2D eigenvalue weighted by Gasteiger charge is -2.36. The quantitative estimate of drug-likeness (QED) is 0.707. The van der Waals surface area contributed by atoms with Crippen molar-refractivity contribution in [3.05, 3.63) is 46.9 Å². The van der Waals surface area contributed by atoms with Crippen LogP contribution in [0.5, 0.6) is 0 Å². The smallest absolute Gasteiger partial charge is 0.185 e. The van der Waals surface area contributed by atoms with Gasteiger partial charge in [0.05, 0.1) is 16.8 Å². The summed E-state index contributed by atoms with van der Waals surface area (Å²) in [4.78, 5) is 13.1. The first-order valence-corrected chi connectivity index (χ1v) is 8.93. The molecule has 25 heavy (non-hydrogen) atoms. The van der Waals surface area contributed by atoms with Crippen LogP contribution in [-0.4, -0.2) is 36.1 Å². The summed E-state index contributed by atoms with van der Waals surface area (Å²) >= 11 is 1.62. The van der Waals surface area contributed by atoms with Crippen LogP contribution in [0.15, 0.2) is 29.9 Å². The van der Waals surface area contributed by atoms with E-state index in [0.29, 0.717) is 10.9 Å². The normalized spacial score (nSPS) is 14.8. The fraction of sp³-hybridized carbons (Fsp3) is 0.278. The summed E-state index contributed by atoms with van der Waals surface area (Å²) < 4.78 is 14.0. The van der Waals surface area contributed by atoms with E-state index in [4.69, 9.17) is 0 Å². The second kappa shape index (κ2) is 6.30. The van der Waals surface area contributed by atoms with Crippen molar-refractivity contribution in [1.29, 1.82) is 5.26 Å². The number of rotatable bonds is 2. The highest BCUT2D eigenvalue weighted by Gasteiger charge is 2.23. The molecule has 7 heteroatoms. The summed E-state index contributed by atoms with van der Waals surface area (Å²) in [6.07, 6.45) is 3.40. The predicted octanol–water partition coefficient (Wildman–Crippen LogP) is 3.34. The molecule has 0 saturated carbocycles. The lowest BCUT2D eigenvalue weighted by atomic mass is 10.0. The fourth-order valence-electron chi connectivity index (χ4n) is 3.34. The molecule has 0 unspecified atom stereocenters. The minimum atomic E-state index is -0.301. The van der Waals surface area contributed by atoms with Crippen molar-refractivity contribution in [1.82, 2.24) is 9.97 Å². The number of halogens is 1. The molecule has 0 aliphatic carbocycles. The van der Waals surface area contributed by atoms with E-state index in [-0.39, 0.29) is 5.82 Å². The number of pyridine rings is 1. The van der Waals surface area contributed by atoms with E-state index in [1.54, 1.807) is 17.5 Å². The van der Waals surface area contributed by atoms with E-state index in [1.807, 2.05) is 18.5 Å². The van der Waals surface area contributed by atoms with Crippen LogP contribution < -0.4 is 9.80 Å². The number of hydrogen-bond acceptors (Lipinski definition) is 6. The van der Waals surface area contributed by atoms with Gasteiger partial charge in [0.2, 0.25) is 0 Å². The molecule has 0 spiro atoms. The molecule has 1 aromatic carbocycles.